The van der Waals surface area contributed by atoms with Gasteiger partial charge in [-0.05, 0) is 0 Å². The molecule has 0 saturated carbocycles. The van der Waals surface area contributed by atoms with Crippen molar-refractivity contribution in [3.63, 3.8) is 0 Å². The number of allylic oxidation sites excluding steroid dienone is 1. The number of hydrogen-bond acceptors (Lipinski definition) is 5. The van der Waals surface area contributed by atoms with Gasteiger partial charge in [0, 0.05) is 12.8 Å². The fourth-order valence-corrected chi connectivity index (χ4v) is 2.52. The number of epoxide rings is 2. The van der Waals surface area contributed by atoms with Crippen molar-refractivity contribution in [2.24, 2.45) is 0 Å². The van der Waals surface area contributed by atoms with Crippen molar-refractivity contribution in [1.82, 2.24) is 14.5 Å². The molecule has 0 radical (unpaired) electrons. The van der Waals surface area contributed by atoms with Crippen LogP contribution in [0.5, 0.6) is 0 Å². The van der Waals surface area contributed by atoms with Gasteiger partial charge in [-0.3, -0.25) is 9.97 Å². The minimum atomic E-state index is -0.919. The van der Waals surface area contributed by atoms with Crippen molar-refractivity contribution >= 4 is 0 Å². The molecular formula is C12H15N3O5. The molecule has 0 aromatic carbocycles. The smallest absolute Gasteiger partial charge is 0.334 e. The third kappa shape index (κ3) is 2.39. The molecule has 108 valence electrons. The second kappa shape index (κ2) is 4.57. The number of ether oxygens (including phenoxy) is 2. The van der Waals surface area contributed by atoms with E-state index in [9.17, 15) is 14.4 Å². The number of aromatic nitrogens is 3. The molecule has 0 amide bonds. The van der Waals surface area contributed by atoms with Gasteiger partial charge in [-0.25, -0.2) is 19.0 Å². The minimum Gasteiger partial charge on any atom is -0.373 e. The average molecular weight is 281 g/mol. The average Bonchev–Trinajstić information content (AvgIpc) is 3.24. The molecule has 2 unspecified atom stereocenters. The van der Waals surface area contributed by atoms with Gasteiger partial charge in [0.2, 0.25) is 0 Å². The Labute approximate surface area is 113 Å². The van der Waals surface area contributed by atoms with Gasteiger partial charge < -0.3 is 9.47 Å². The van der Waals surface area contributed by atoms with E-state index in [0.29, 0.717) is 26.1 Å². The Hall–Kier alpha value is -1.93. The zero-order valence-electron chi connectivity index (χ0n) is 10.8. The first kappa shape index (κ1) is 13.1. The summed E-state index contributed by atoms with van der Waals surface area (Å²) in [6, 6.07) is 0. The Morgan fingerprint density at radius 2 is 1.60 bits per heavy atom. The lowest BCUT2D eigenvalue weighted by molar-refractivity contribution is 0.227. The first-order valence-electron chi connectivity index (χ1n) is 6.37. The molecule has 1 aromatic heterocycles. The molecule has 2 saturated heterocycles. The number of nitrogens with zero attached hydrogens (tertiary/aromatic N) is 1. The van der Waals surface area contributed by atoms with Crippen LogP contribution in [-0.4, -0.2) is 40.0 Å². The highest BCUT2D eigenvalue weighted by Crippen LogP contribution is 2.35. The van der Waals surface area contributed by atoms with Crippen molar-refractivity contribution in [2.45, 2.75) is 30.6 Å². The third-order valence-corrected chi connectivity index (χ3v) is 3.64. The normalized spacial score (nSPS) is 26.8. The van der Waals surface area contributed by atoms with Gasteiger partial charge in [-0.2, -0.15) is 0 Å². The molecule has 8 heteroatoms. The van der Waals surface area contributed by atoms with Crippen LogP contribution in [0.3, 0.4) is 0 Å². The lowest BCUT2D eigenvalue weighted by atomic mass is 9.88. The molecule has 0 aliphatic carbocycles. The highest BCUT2D eigenvalue weighted by molar-refractivity contribution is 5.07. The summed E-state index contributed by atoms with van der Waals surface area (Å²) < 4.78 is 11.4. The summed E-state index contributed by atoms with van der Waals surface area (Å²) in [6.45, 7) is 4.95. The van der Waals surface area contributed by atoms with Crippen LogP contribution in [0, 0.1) is 0 Å². The van der Waals surface area contributed by atoms with Crippen LogP contribution < -0.4 is 17.1 Å². The molecular weight excluding hydrogens is 266 g/mol. The Kier molecular flexibility index (Phi) is 2.98. The molecule has 3 rings (SSSR count). The summed E-state index contributed by atoms with van der Waals surface area (Å²) in [6.07, 6.45) is 2.44. The van der Waals surface area contributed by atoms with Gasteiger partial charge in [-0.15, -0.1) is 6.58 Å². The Morgan fingerprint density at radius 3 is 1.95 bits per heavy atom. The number of aromatic amines is 2. The molecule has 20 heavy (non-hydrogen) atoms. The summed E-state index contributed by atoms with van der Waals surface area (Å²) >= 11 is 0. The molecule has 2 N–H and O–H groups in total. The summed E-state index contributed by atoms with van der Waals surface area (Å²) in [5.74, 6) is 0. The summed E-state index contributed by atoms with van der Waals surface area (Å²) in [7, 11) is 0. The highest BCUT2D eigenvalue weighted by atomic mass is 16.6. The van der Waals surface area contributed by atoms with E-state index in [1.165, 1.54) is 0 Å². The maximum absolute atomic E-state index is 12.0. The topological polar surface area (TPSA) is 113 Å². The first-order valence-corrected chi connectivity index (χ1v) is 6.37. The molecule has 3 heterocycles. The number of nitrogens with one attached hydrogen (secondary N) is 2. The molecule has 2 aliphatic heterocycles. The summed E-state index contributed by atoms with van der Waals surface area (Å²) in [5.41, 5.74) is -3.24. The van der Waals surface area contributed by atoms with Crippen LogP contribution in [0.1, 0.15) is 12.8 Å². The standard InChI is InChI=1S/C12H15N3O5/c1-2-12(3-7-5-19-7,4-8-6-20-8)15-10(17)13-9(16)14-11(15)18/h2,7-8H,1,3-6H2,(H2,13,14,16,17,18). The van der Waals surface area contributed by atoms with Gasteiger partial charge in [0.15, 0.2) is 0 Å². The monoisotopic (exact) mass is 281 g/mol. The van der Waals surface area contributed by atoms with E-state index in [2.05, 4.69) is 16.5 Å². The van der Waals surface area contributed by atoms with Crippen LogP contribution in [0.25, 0.3) is 0 Å². The SMILES string of the molecule is C=CC(CC1CO1)(CC1CO1)n1c(=O)[nH]c(=O)[nH]c1=O. The summed E-state index contributed by atoms with van der Waals surface area (Å²) in [4.78, 5) is 39.4. The van der Waals surface area contributed by atoms with E-state index in [0.717, 1.165) is 4.57 Å². The van der Waals surface area contributed by atoms with Crippen LogP contribution in [0.2, 0.25) is 0 Å². The third-order valence-electron chi connectivity index (χ3n) is 3.64. The lowest BCUT2D eigenvalue weighted by Gasteiger charge is -2.30. The van der Waals surface area contributed by atoms with E-state index in [-0.39, 0.29) is 12.2 Å². The predicted octanol–water partition coefficient (Wildman–Crippen LogP) is -1.32. The van der Waals surface area contributed by atoms with Crippen molar-refractivity contribution in [1.29, 1.82) is 0 Å². The van der Waals surface area contributed by atoms with Gasteiger partial charge in [0.25, 0.3) is 0 Å². The molecule has 1 aromatic rings. The Balaban J connectivity index is 2.11. The summed E-state index contributed by atoms with van der Waals surface area (Å²) in [5, 5.41) is 0. The maximum Gasteiger partial charge on any atom is 0.334 e. The molecule has 2 atom stereocenters. The van der Waals surface area contributed by atoms with Crippen molar-refractivity contribution < 1.29 is 9.47 Å². The maximum atomic E-state index is 12.0. The minimum absolute atomic E-state index is 0.00928. The van der Waals surface area contributed by atoms with Gasteiger partial charge in [0.05, 0.1) is 31.0 Å². The van der Waals surface area contributed by atoms with Crippen LogP contribution in [0.4, 0.5) is 0 Å². The van der Waals surface area contributed by atoms with E-state index < -0.39 is 22.6 Å². The second-order valence-electron chi connectivity index (χ2n) is 5.15. The Morgan fingerprint density at radius 1 is 1.15 bits per heavy atom. The van der Waals surface area contributed by atoms with Crippen LogP contribution >= 0.6 is 0 Å². The van der Waals surface area contributed by atoms with Gasteiger partial charge in [-0.1, -0.05) is 6.08 Å². The quantitative estimate of drug-likeness (QED) is 0.496. The fourth-order valence-electron chi connectivity index (χ4n) is 2.52. The molecule has 2 fully saturated rings. The molecule has 0 bridgehead atoms. The molecule has 0 spiro atoms. The largest absolute Gasteiger partial charge is 0.373 e. The van der Waals surface area contributed by atoms with E-state index >= 15 is 0 Å². The van der Waals surface area contributed by atoms with E-state index in [1.54, 1.807) is 6.08 Å². The molecule has 2 aliphatic rings. The number of H-pyrrole nitrogens is 2. The van der Waals surface area contributed by atoms with Gasteiger partial charge in [0.1, 0.15) is 0 Å². The van der Waals surface area contributed by atoms with Crippen LogP contribution in [0.15, 0.2) is 27.0 Å². The predicted molar refractivity (Wildman–Crippen MR) is 68.8 cm³/mol. The molecule has 8 nitrogen and oxygen atoms in total. The van der Waals surface area contributed by atoms with E-state index in [1.807, 2.05) is 0 Å². The van der Waals surface area contributed by atoms with Gasteiger partial charge >= 0.3 is 17.1 Å². The lowest BCUT2D eigenvalue weighted by Crippen LogP contribution is -2.53. The van der Waals surface area contributed by atoms with Crippen LogP contribution in [-0.2, 0) is 15.0 Å². The Bertz CT molecular complexity index is 644. The highest BCUT2D eigenvalue weighted by Gasteiger charge is 2.43. The first-order chi connectivity index (χ1) is 9.54. The van der Waals surface area contributed by atoms with Crippen molar-refractivity contribution in [3.8, 4) is 0 Å². The van der Waals surface area contributed by atoms with Crippen molar-refractivity contribution in [3.05, 3.63) is 44.1 Å². The number of hydrogen-bond donors (Lipinski definition) is 2. The zero-order valence-corrected chi connectivity index (χ0v) is 10.8. The van der Waals surface area contributed by atoms with E-state index in [4.69, 9.17) is 9.47 Å². The zero-order chi connectivity index (χ0) is 14.3. The van der Waals surface area contributed by atoms with Crippen molar-refractivity contribution in [2.75, 3.05) is 13.2 Å². The number of rotatable bonds is 6. The fraction of sp³-hybridized carbons (Fsp3) is 0.583. The second-order valence-corrected chi connectivity index (χ2v) is 5.15.